The molecule has 3 aliphatic heterocycles. The van der Waals surface area contributed by atoms with Gasteiger partial charge in [-0.15, -0.1) is 0 Å². The Kier molecular flexibility index (Phi) is 4.88. The molecule has 0 aromatic heterocycles. The van der Waals surface area contributed by atoms with E-state index in [1.54, 1.807) is 6.08 Å². The summed E-state index contributed by atoms with van der Waals surface area (Å²) in [5.74, 6) is -3.50. The summed E-state index contributed by atoms with van der Waals surface area (Å²) in [5.41, 5.74) is 1.24. The van der Waals surface area contributed by atoms with Crippen molar-refractivity contribution in [2.45, 2.75) is 74.0 Å². The molecule has 2 bridgehead atoms. The highest BCUT2D eigenvalue weighted by atomic mass is 16.7. The summed E-state index contributed by atoms with van der Waals surface area (Å²) in [6.45, 7) is 0.787. The molecule has 1 unspecified atom stereocenters. The van der Waals surface area contributed by atoms with Crippen LogP contribution in [0.2, 0.25) is 0 Å². The van der Waals surface area contributed by atoms with Crippen LogP contribution in [0.3, 0.4) is 0 Å². The Labute approximate surface area is 195 Å². The summed E-state index contributed by atoms with van der Waals surface area (Å²) >= 11 is 0. The summed E-state index contributed by atoms with van der Waals surface area (Å²) < 4.78 is 16.9. The number of carboxylic acids is 1. The second-order valence-electron chi connectivity index (χ2n) is 10.3. The van der Waals surface area contributed by atoms with Crippen molar-refractivity contribution in [3.63, 3.8) is 0 Å². The maximum atomic E-state index is 11.7. The third-order valence-electron chi connectivity index (χ3n) is 8.59. The Morgan fingerprint density at radius 3 is 2.71 bits per heavy atom. The van der Waals surface area contributed by atoms with Crippen LogP contribution in [-0.2, 0) is 19.0 Å². The van der Waals surface area contributed by atoms with Crippen molar-refractivity contribution in [1.29, 1.82) is 0 Å². The Hall–Kier alpha value is -1.83. The molecule has 11 heteroatoms. The monoisotopic (exact) mass is 479 g/mol. The number of aliphatic carboxylic acids is 1. The molecular weight excluding hydrogens is 450 g/mol. The Balaban J connectivity index is 1.41. The summed E-state index contributed by atoms with van der Waals surface area (Å²) in [6, 6.07) is 0.218. The zero-order valence-electron chi connectivity index (χ0n) is 18.5. The molecule has 6 rings (SSSR count). The Bertz CT molecular complexity index is 1010. The minimum atomic E-state index is -2.14. The lowest BCUT2D eigenvalue weighted by atomic mass is 9.51. The van der Waals surface area contributed by atoms with Gasteiger partial charge in [-0.1, -0.05) is 18.2 Å². The van der Waals surface area contributed by atoms with Gasteiger partial charge in [0.15, 0.2) is 18.2 Å². The molecule has 0 aromatic carbocycles. The first-order valence-electron chi connectivity index (χ1n) is 11.6. The number of carboxylic acid groups (broad SMARTS) is 1. The molecule has 3 fully saturated rings. The third kappa shape index (κ3) is 2.78. The lowest BCUT2D eigenvalue weighted by Crippen LogP contribution is -2.63. The molecule has 1 saturated carbocycles. The summed E-state index contributed by atoms with van der Waals surface area (Å²) in [6.07, 6.45) is -3.70. The van der Waals surface area contributed by atoms with Gasteiger partial charge in [0, 0.05) is 29.4 Å². The van der Waals surface area contributed by atoms with Crippen molar-refractivity contribution >= 4 is 5.97 Å². The second kappa shape index (κ2) is 7.34. The van der Waals surface area contributed by atoms with E-state index in [9.17, 15) is 35.4 Å². The van der Waals surface area contributed by atoms with E-state index in [0.29, 0.717) is 6.42 Å². The number of nitrogens with zero attached hydrogens (tertiary/aromatic N) is 1. The lowest BCUT2D eigenvalue weighted by Gasteiger charge is -2.58. The van der Waals surface area contributed by atoms with Crippen LogP contribution in [0.15, 0.2) is 35.1 Å². The maximum Gasteiger partial charge on any atom is 0.335 e. The smallest absolute Gasteiger partial charge is 0.335 e. The number of hydrogen-bond donors (Lipinski definition) is 6. The molecule has 2 saturated heterocycles. The van der Waals surface area contributed by atoms with Crippen LogP contribution in [0.5, 0.6) is 0 Å². The van der Waals surface area contributed by atoms with E-state index in [1.807, 2.05) is 12.2 Å². The van der Waals surface area contributed by atoms with Crippen molar-refractivity contribution in [2.24, 2.45) is 11.3 Å². The van der Waals surface area contributed by atoms with Crippen LogP contribution in [-0.4, -0.2) is 110 Å². The molecule has 0 aromatic rings. The Morgan fingerprint density at radius 2 is 1.97 bits per heavy atom. The predicted octanol–water partition coefficient (Wildman–Crippen LogP) is -1.79. The highest BCUT2D eigenvalue weighted by Crippen LogP contribution is 2.66. The molecule has 6 aliphatic rings. The number of likely N-dealkylation sites (tertiary alicyclic amines) is 1. The van der Waals surface area contributed by atoms with Crippen LogP contribution in [0.25, 0.3) is 0 Å². The molecule has 0 amide bonds. The van der Waals surface area contributed by atoms with Crippen molar-refractivity contribution in [1.82, 2.24) is 4.90 Å². The lowest BCUT2D eigenvalue weighted by molar-refractivity contribution is -0.329. The third-order valence-corrected chi connectivity index (χ3v) is 8.59. The van der Waals surface area contributed by atoms with E-state index in [0.717, 1.165) is 24.1 Å². The number of ether oxygens (including phenoxy) is 3. The van der Waals surface area contributed by atoms with E-state index in [4.69, 9.17) is 14.2 Å². The van der Waals surface area contributed by atoms with E-state index < -0.39 is 60.1 Å². The van der Waals surface area contributed by atoms with Crippen molar-refractivity contribution < 1.29 is 49.6 Å². The number of aliphatic hydroxyl groups is 5. The first-order chi connectivity index (χ1) is 16.1. The zero-order valence-corrected chi connectivity index (χ0v) is 18.5. The predicted molar refractivity (Wildman–Crippen MR) is 112 cm³/mol. The molecule has 11 nitrogen and oxygen atoms in total. The Morgan fingerprint density at radius 1 is 1.21 bits per heavy atom. The fourth-order valence-electron chi connectivity index (χ4n) is 6.99. The van der Waals surface area contributed by atoms with Crippen LogP contribution in [0.4, 0.5) is 0 Å². The van der Waals surface area contributed by atoms with Gasteiger partial charge in [0.25, 0.3) is 0 Å². The molecule has 0 radical (unpaired) electrons. The van der Waals surface area contributed by atoms with Gasteiger partial charge in [-0.2, -0.15) is 0 Å². The quantitative estimate of drug-likeness (QED) is 0.200. The molecule has 11 atom stereocenters. The van der Waals surface area contributed by atoms with E-state index in [-0.39, 0.29) is 24.1 Å². The average molecular weight is 479 g/mol. The van der Waals surface area contributed by atoms with Crippen LogP contribution >= 0.6 is 0 Å². The van der Waals surface area contributed by atoms with Gasteiger partial charge >= 0.3 is 5.97 Å². The maximum absolute atomic E-state index is 11.7. The summed E-state index contributed by atoms with van der Waals surface area (Å²) in [7, 11) is 2.08. The van der Waals surface area contributed by atoms with Gasteiger partial charge in [-0.05, 0) is 32.0 Å². The van der Waals surface area contributed by atoms with Crippen LogP contribution < -0.4 is 0 Å². The van der Waals surface area contributed by atoms with Crippen LogP contribution in [0.1, 0.15) is 19.3 Å². The standard InChI is InChI=1S/C23H29NO10/c1-24-7-6-22-10-2-3-12(25)18(22)33-19-13(22)9(8-11(10)24)4-5-23(19,31)34-16-14(26)17(20(28)29)32-21(30)15(16)27/h2-4,10-12,14-18,21,25-27,30-31H,5-8H2,1H3,(H,28,29)/t10-,11+,12-,14-,15+,16-,17-,18-,21+,22-,23?/m0/s1. The molecule has 3 heterocycles. The second-order valence-corrected chi connectivity index (χ2v) is 10.3. The van der Waals surface area contributed by atoms with E-state index in [2.05, 4.69) is 11.9 Å². The van der Waals surface area contributed by atoms with Gasteiger partial charge in [0.1, 0.15) is 30.5 Å². The molecule has 186 valence electrons. The van der Waals surface area contributed by atoms with Gasteiger partial charge in [-0.25, -0.2) is 4.79 Å². The van der Waals surface area contributed by atoms with Crippen molar-refractivity contribution in [3.8, 4) is 0 Å². The fourth-order valence-corrected chi connectivity index (χ4v) is 6.99. The van der Waals surface area contributed by atoms with Crippen LogP contribution in [0, 0.1) is 11.3 Å². The van der Waals surface area contributed by atoms with Crippen molar-refractivity contribution in [3.05, 3.63) is 35.1 Å². The summed E-state index contributed by atoms with van der Waals surface area (Å²) in [4.78, 5) is 13.8. The SMILES string of the molecule is CN1CC[C@]23C4=C5O[C@H]2[C@@H](O)C=C[C@H]3[C@H]1CC4=CCC5(O)O[C@@H]1[C@@H](O)[C@H](O)O[C@H](C(=O)O)[C@H]1O. The number of piperidine rings is 1. The zero-order chi connectivity index (χ0) is 24.2. The normalized spacial score (nSPS) is 51.6. The topological polar surface area (TPSA) is 169 Å². The molecule has 6 N–H and O–H groups in total. The number of carbonyl (C=O) groups is 1. The number of rotatable bonds is 3. The van der Waals surface area contributed by atoms with Crippen molar-refractivity contribution in [2.75, 3.05) is 13.6 Å². The highest BCUT2D eigenvalue weighted by Gasteiger charge is 2.68. The molecule has 3 aliphatic carbocycles. The molecular formula is C23H29NO10. The molecule has 1 spiro atoms. The first kappa shape index (κ1) is 22.6. The average Bonchev–Trinajstić information content (AvgIpc) is 3.16. The molecule has 34 heavy (non-hydrogen) atoms. The van der Waals surface area contributed by atoms with Gasteiger partial charge in [0.05, 0.1) is 0 Å². The van der Waals surface area contributed by atoms with Gasteiger partial charge in [-0.3, -0.25) is 0 Å². The fraction of sp³-hybridized carbons (Fsp3) is 0.696. The minimum Gasteiger partial charge on any atom is -0.485 e. The highest BCUT2D eigenvalue weighted by molar-refractivity contribution is 5.73. The largest absolute Gasteiger partial charge is 0.485 e. The number of hydrogen-bond acceptors (Lipinski definition) is 10. The van der Waals surface area contributed by atoms with Gasteiger partial charge < -0.3 is 49.7 Å². The van der Waals surface area contributed by atoms with E-state index >= 15 is 0 Å². The summed E-state index contributed by atoms with van der Waals surface area (Å²) in [5, 5.41) is 62.9. The number of aliphatic hydroxyl groups excluding tert-OH is 4. The van der Waals surface area contributed by atoms with E-state index in [1.165, 1.54) is 0 Å². The van der Waals surface area contributed by atoms with Gasteiger partial charge in [0.2, 0.25) is 5.79 Å². The minimum absolute atomic E-state index is 0.0594. The first-order valence-corrected chi connectivity index (χ1v) is 11.6.